The van der Waals surface area contributed by atoms with Gasteiger partial charge in [-0.3, -0.25) is 0 Å². The van der Waals surface area contributed by atoms with Gasteiger partial charge in [-0.15, -0.1) is 23.7 Å². The van der Waals surface area contributed by atoms with Gasteiger partial charge in [0.05, 0.1) is 12.2 Å². The number of halogens is 1. The third-order valence-corrected chi connectivity index (χ3v) is 10.1. The Hall–Kier alpha value is -3.38. The smallest absolute Gasteiger partial charge is 0.326 e. The number of hydrogen-bond acceptors (Lipinski definition) is 8. The summed E-state index contributed by atoms with van der Waals surface area (Å²) >= 11 is 1.54. The van der Waals surface area contributed by atoms with Gasteiger partial charge in [-0.2, -0.15) is 4.31 Å². The number of carboxylic acids is 1. The first kappa shape index (κ1) is 37.1. The van der Waals surface area contributed by atoms with Crippen molar-refractivity contribution in [3.8, 4) is 10.6 Å². The fraction of sp³-hybridized carbons (Fsp3) is 0.412. The molecule has 0 aliphatic carbocycles. The molecule has 0 bridgehead atoms. The number of carboxylic acid groups (broad SMARTS) is 1. The van der Waals surface area contributed by atoms with Gasteiger partial charge in [0.25, 0.3) is 10.0 Å². The SMILES string of the molecule is CCCCCCCCCCCC(Nc1cccc(CN(Cc2ccc(-c3nccs3)cc2)S(=O)(=O)c2ccccn2)n1)C(=O)O.Cl. The number of benzene rings is 1. The van der Waals surface area contributed by atoms with Crippen LogP contribution in [0.25, 0.3) is 10.6 Å². The number of pyridine rings is 2. The van der Waals surface area contributed by atoms with Gasteiger partial charge in [-0.05, 0) is 36.2 Å². The Labute approximate surface area is 283 Å². The van der Waals surface area contributed by atoms with Crippen LogP contribution in [0.3, 0.4) is 0 Å². The lowest BCUT2D eigenvalue weighted by Gasteiger charge is -2.22. The highest BCUT2D eigenvalue weighted by molar-refractivity contribution is 7.89. The quantitative estimate of drug-likeness (QED) is 0.0892. The van der Waals surface area contributed by atoms with Gasteiger partial charge in [0.1, 0.15) is 16.9 Å². The van der Waals surface area contributed by atoms with Crippen LogP contribution in [0.1, 0.15) is 82.4 Å². The second kappa shape index (κ2) is 19.3. The minimum absolute atomic E-state index is 0. The molecule has 0 radical (unpaired) electrons. The molecule has 0 aliphatic heterocycles. The number of hydrogen-bond donors (Lipinski definition) is 2. The Bertz CT molecular complexity index is 1560. The van der Waals surface area contributed by atoms with Crippen LogP contribution >= 0.6 is 23.7 Å². The van der Waals surface area contributed by atoms with Crippen molar-refractivity contribution in [2.75, 3.05) is 5.32 Å². The average molecular weight is 686 g/mol. The van der Waals surface area contributed by atoms with Gasteiger partial charge in [0, 0.05) is 29.9 Å². The van der Waals surface area contributed by atoms with E-state index in [1.165, 1.54) is 66.4 Å². The van der Waals surface area contributed by atoms with E-state index in [0.29, 0.717) is 17.9 Å². The molecule has 0 fully saturated rings. The summed E-state index contributed by atoms with van der Waals surface area (Å²) in [5.74, 6) is -0.527. The molecule has 248 valence electrons. The second-order valence-electron chi connectivity index (χ2n) is 11.1. The van der Waals surface area contributed by atoms with E-state index in [-0.39, 0.29) is 30.5 Å². The molecule has 0 saturated carbocycles. The minimum atomic E-state index is -3.97. The molecule has 4 rings (SSSR count). The standard InChI is InChI=1S/C34H43N5O4S2.ClH/c1-2-3-4-5-6-7-8-9-10-15-30(34(40)41)38-31-16-13-14-29(37-31)26-39(45(42,43)32-17-11-12-22-35-32)25-27-18-20-28(21-19-27)33-36-23-24-44-33;/h11-14,16-24,30H,2-10,15,25-26H2,1H3,(H,37,38)(H,40,41);1H. The monoisotopic (exact) mass is 685 g/mol. The van der Waals surface area contributed by atoms with Crippen LogP contribution in [0.5, 0.6) is 0 Å². The normalized spacial score (nSPS) is 12.0. The number of unbranched alkanes of at least 4 members (excludes halogenated alkanes) is 8. The fourth-order valence-corrected chi connectivity index (χ4v) is 7.08. The topological polar surface area (TPSA) is 125 Å². The lowest BCUT2D eigenvalue weighted by molar-refractivity contribution is -0.138. The molecular weight excluding hydrogens is 642 g/mol. The van der Waals surface area contributed by atoms with Gasteiger partial charge in [0.15, 0.2) is 5.03 Å². The molecule has 2 N–H and O–H groups in total. The summed E-state index contributed by atoms with van der Waals surface area (Å²) in [7, 11) is -3.97. The average Bonchev–Trinajstić information content (AvgIpc) is 3.59. The van der Waals surface area contributed by atoms with Gasteiger partial charge in [0.2, 0.25) is 0 Å². The van der Waals surface area contributed by atoms with Crippen molar-refractivity contribution in [2.24, 2.45) is 0 Å². The Morgan fingerprint density at radius 3 is 2.22 bits per heavy atom. The molecule has 0 aliphatic rings. The Morgan fingerprint density at radius 1 is 0.870 bits per heavy atom. The van der Waals surface area contributed by atoms with Crippen LogP contribution < -0.4 is 5.32 Å². The molecular formula is C34H44ClN5O4S2. The summed E-state index contributed by atoms with van der Waals surface area (Å²) in [6.07, 6.45) is 14.2. The predicted octanol–water partition coefficient (Wildman–Crippen LogP) is 8.20. The first-order chi connectivity index (χ1) is 21.9. The maximum Gasteiger partial charge on any atom is 0.326 e. The number of carbonyl (C=O) groups is 1. The van der Waals surface area contributed by atoms with Crippen molar-refractivity contribution in [1.29, 1.82) is 0 Å². The third-order valence-electron chi connectivity index (χ3n) is 7.60. The van der Waals surface area contributed by atoms with Gasteiger partial charge < -0.3 is 10.4 Å². The number of nitrogens with one attached hydrogen (secondary N) is 1. The minimum Gasteiger partial charge on any atom is -0.480 e. The summed E-state index contributed by atoms with van der Waals surface area (Å²) in [6.45, 7) is 2.30. The van der Waals surface area contributed by atoms with E-state index in [0.717, 1.165) is 35.4 Å². The lowest BCUT2D eigenvalue weighted by atomic mass is 10.0. The van der Waals surface area contributed by atoms with Gasteiger partial charge >= 0.3 is 5.97 Å². The predicted molar refractivity (Wildman–Crippen MR) is 187 cm³/mol. The van der Waals surface area contributed by atoms with E-state index in [9.17, 15) is 18.3 Å². The summed E-state index contributed by atoms with van der Waals surface area (Å²) in [5, 5.41) is 15.7. The van der Waals surface area contributed by atoms with Crippen molar-refractivity contribution in [3.05, 3.63) is 89.7 Å². The van der Waals surface area contributed by atoms with Gasteiger partial charge in [-0.25, -0.2) is 28.2 Å². The molecule has 4 aromatic rings. The second-order valence-corrected chi connectivity index (χ2v) is 13.9. The molecule has 0 saturated heterocycles. The zero-order valence-electron chi connectivity index (χ0n) is 26.3. The van der Waals surface area contributed by atoms with E-state index in [1.54, 1.807) is 36.5 Å². The molecule has 3 heterocycles. The highest BCUT2D eigenvalue weighted by atomic mass is 35.5. The number of thiazole rings is 1. The number of sulfonamides is 1. The zero-order valence-corrected chi connectivity index (χ0v) is 28.7. The highest BCUT2D eigenvalue weighted by Gasteiger charge is 2.27. The van der Waals surface area contributed by atoms with E-state index >= 15 is 0 Å². The molecule has 1 unspecified atom stereocenters. The van der Waals surface area contributed by atoms with Crippen molar-refractivity contribution in [1.82, 2.24) is 19.3 Å². The number of anilines is 1. The highest BCUT2D eigenvalue weighted by Crippen LogP contribution is 2.25. The first-order valence-corrected chi connectivity index (χ1v) is 18.0. The van der Waals surface area contributed by atoms with E-state index in [4.69, 9.17) is 0 Å². The molecule has 3 aromatic heterocycles. The number of aromatic nitrogens is 3. The molecule has 1 atom stereocenters. The first-order valence-electron chi connectivity index (χ1n) is 15.7. The Kier molecular flexibility index (Phi) is 15.6. The maximum atomic E-state index is 13.7. The zero-order chi connectivity index (χ0) is 31.9. The van der Waals surface area contributed by atoms with Crippen LogP contribution in [-0.4, -0.2) is 44.8 Å². The molecule has 12 heteroatoms. The number of aliphatic carboxylic acids is 1. The van der Waals surface area contributed by atoms with Crippen LogP contribution in [0.2, 0.25) is 0 Å². The lowest BCUT2D eigenvalue weighted by Crippen LogP contribution is -2.32. The van der Waals surface area contributed by atoms with Crippen molar-refractivity contribution < 1.29 is 18.3 Å². The summed E-state index contributed by atoms with van der Waals surface area (Å²) < 4.78 is 28.8. The third kappa shape index (κ3) is 11.5. The molecule has 1 aromatic carbocycles. The number of rotatable bonds is 20. The van der Waals surface area contributed by atoms with Gasteiger partial charge in [-0.1, -0.05) is 101 Å². The largest absolute Gasteiger partial charge is 0.480 e. The fourth-order valence-electron chi connectivity index (χ4n) is 5.10. The van der Waals surface area contributed by atoms with E-state index in [2.05, 4.69) is 27.2 Å². The Morgan fingerprint density at radius 2 is 1.59 bits per heavy atom. The molecule has 0 spiro atoms. The molecule has 9 nitrogen and oxygen atoms in total. The molecule has 0 amide bonds. The molecule has 46 heavy (non-hydrogen) atoms. The van der Waals surface area contributed by atoms with Crippen LogP contribution in [0.15, 0.2) is 83.5 Å². The van der Waals surface area contributed by atoms with Crippen LogP contribution in [0, 0.1) is 0 Å². The van der Waals surface area contributed by atoms with E-state index in [1.807, 2.05) is 29.6 Å². The summed E-state index contributed by atoms with van der Waals surface area (Å²) in [6, 6.07) is 16.9. The van der Waals surface area contributed by atoms with Crippen LogP contribution in [-0.2, 0) is 27.9 Å². The maximum absolute atomic E-state index is 13.7. The van der Waals surface area contributed by atoms with Crippen molar-refractivity contribution in [2.45, 2.75) is 95.3 Å². The summed E-state index contributed by atoms with van der Waals surface area (Å²) in [4.78, 5) is 25.1. The summed E-state index contributed by atoms with van der Waals surface area (Å²) in [5.41, 5.74) is 2.26. The van der Waals surface area contributed by atoms with Crippen molar-refractivity contribution >= 4 is 45.6 Å². The van der Waals surface area contributed by atoms with Crippen molar-refractivity contribution in [3.63, 3.8) is 0 Å². The van der Waals surface area contributed by atoms with Crippen LogP contribution in [0.4, 0.5) is 5.82 Å². The Balaban J connectivity index is 0.00000576. The van der Waals surface area contributed by atoms with E-state index < -0.39 is 22.0 Å². The number of nitrogens with zero attached hydrogens (tertiary/aromatic N) is 4.